The molecule has 1 heterocycles. The van der Waals surface area contributed by atoms with Crippen molar-refractivity contribution in [1.82, 2.24) is 4.90 Å². The fraction of sp³-hybridized carbons (Fsp3) is 0.500. The van der Waals surface area contributed by atoms with Crippen molar-refractivity contribution in [3.63, 3.8) is 0 Å². The summed E-state index contributed by atoms with van der Waals surface area (Å²) in [7, 11) is 0. The smallest absolute Gasteiger partial charge is 0.334 e. The number of benzene rings is 1. The average molecular weight is 291 g/mol. The van der Waals surface area contributed by atoms with Gasteiger partial charge in [-0.3, -0.25) is 4.79 Å². The van der Waals surface area contributed by atoms with Crippen LogP contribution >= 0.6 is 0 Å². The Labute approximate surface area is 124 Å². The molecule has 5 heteroatoms. The van der Waals surface area contributed by atoms with Crippen molar-refractivity contribution in [2.24, 2.45) is 0 Å². The first-order valence-electron chi connectivity index (χ1n) is 7.03. The van der Waals surface area contributed by atoms with Gasteiger partial charge in [0.15, 0.2) is 6.10 Å². The van der Waals surface area contributed by atoms with Gasteiger partial charge in [-0.15, -0.1) is 0 Å². The summed E-state index contributed by atoms with van der Waals surface area (Å²) in [4.78, 5) is 24.9. The Morgan fingerprint density at radius 3 is 2.38 bits per heavy atom. The van der Waals surface area contributed by atoms with Crippen LogP contribution in [-0.4, -0.2) is 47.7 Å². The molecule has 0 radical (unpaired) electrons. The van der Waals surface area contributed by atoms with Crippen LogP contribution in [0, 0.1) is 0 Å². The number of carboxylic acid groups (broad SMARTS) is 1. The summed E-state index contributed by atoms with van der Waals surface area (Å²) in [5, 5.41) is 8.97. The normalized spacial score (nSPS) is 19.4. The molecule has 1 aromatic rings. The molecule has 1 aliphatic rings. The molecule has 21 heavy (non-hydrogen) atoms. The number of rotatable bonds is 2. The zero-order chi connectivity index (χ0) is 15.6. The van der Waals surface area contributed by atoms with Crippen LogP contribution in [0.3, 0.4) is 0 Å². The third-order valence-corrected chi connectivity index (χ3v) is 3.63. The zero-order valence-electron chi connectivity index (χ0n) is 12.6. The van der Waals surface area contributed by atoms with Crippen molar-refractivity contribution in [2.75, 3.05) is 19.7 Å². The number of carbonyl (C=O) groups excluding carboxylic acids is 1. The van der Waals surface area contributed by atoms with Gasteiger partial charge in [-0.05, 0) is 23.1 Å². The molecule has 1 atom stereocenters. The number of amides is 1. The van der Waals surface area contributed by atoms with Gasteiger partial charge in [0.25, 0.3) is 5.91 Å². The predicted molar refractivity (Wildman–Crippen MR) is 78.4 cm³/mol. The molecule has 1 unspecified atom stereocenters. The van der Waals surface area contributed by atoms with Gasteiger partial charge in [-0.1, -0.05) is 32.9 Å². The number of carbonyl (C=O) groups is 2. The highest BCUT2D eigenvalue weighted by molar-refractivity contribution is 5.94. The molecule has 0 saturated carbocycles. The number of nitrogens with zero attached hydrogens (tertiary/aromatic N) is 1. The highest BCUT2D eigenvalue weighted by Crippen LogP contribution is 2.22. The molecule has 1 saturated heterocycles. The summed E-state index contributed by atoms with van der Waals surface area (Å²) >= 11 is 0. The van der Waals surface area contributed by atoms with Crippen molar-refractivity contribution < 1.29 is 19.4 Å². The number of aliphatic carboxylic acids is 1. The van der Waals surface area contributed by atoms with Crippen LogP contribution in [0.5, 0.6) is 0 Å². The van der Waals surface area contributed by atoms with Crippen LogP contribution in [0.25, 0.3) is 0 Å². The minimum Gasteiger partial charge on any atom is -0.479 e. The molecule has 5 nitrogen and oxygen atoms in total. The first-order valence-corrected chi connectivity index (χ1v) is 7.03. The molecule has 1 amide bonds. The summed E-state index contributed by atoms with van der Waals surface area (Å²) in [6.45, 7) is 7.11. The predicted octanol–water partition coefficient (Wildman–Crippen LogP) is 1.91. The molecular formula is C16H21NO4. The van der Waals surface area contributed by atoms with Gasteiger partial charge >= 0.3 is 5.97 Å². The van der Waals surface area contributed by atoms with Gasteiger partial charge in [0.1, 0.15) is 0 Å². The Hall–Kier alpha value is -1.88. The largest absolute Gasteiger partial charge is 0.479 e. The third-order valence-electron chi connectivity index (χ3n) is 3.63. The highest BCUT2D eigenvalue weighted by atomic mass is 16.5. The summed E-state index contributed by atoms with van der Waals surface area (Å²) < 4.78 is 5.13. The number of hydrogen-bond acceptors (Lipinski definition) is 3. The molecule has 1 aromatic carbocycles. The standard InChI is InChI=1S/C16H21NO4/c1-16(2,3)12-6-4-11(5-7-12)14(18)17-8-9-21-13(10-17)15(19)20/h4-7,13H,8-10H2,1-3H3,(H,19,20). The van der Waals surface area contributed by atoms with Gasteiger partial charge in [-0.25, -0.2) is 4.79 Å². The Kier molecular flexibility index (Phi) is 4.32. The fourth-order valence-corrected chi connectivity index (χ4v) is 2.28. The van der Waals surface area contributed by atoms with E-state index < -0.39 is 12.1 Å². The van der Waals surface area contributed by atoms with Gasteiger partial charge in [0.2, 0.25) is 0 Å². The van der Waals surface area contributed by atoms with E-state index in [4.69, 9.17) is 9.84 Å². The molecule has 0 aromatic heterocycles. The van der Waals surface area contributed by atoms with Gasteiger partial charge in [-0.2, -0.15) is 0 Å². The summed E-state index contributed by atoms with van der Waals surface area (Å²) in [6.07, 6.45) is -0.934. The lowest BCUT2D eigenvalue weighted by Gasteiger charge is -2.31. The monoisotopic (exact) mass is 291 g/mol. The van der Waals surface area contributed by atoms with Crippen LogP contribution in [0.1, 0.15) is 36.7 Å². The second-order valence-electron chi connectivity index (χ2n) is 6.28. The number of hydrogen-bond donors (Lipinski definition) is 1. The van der Waals surface area contributed by atoms with E-state index in [0.717, 1.165) is 5.56 Å². The van der Waals surface area contributed by atoms with Crippen LogP contribution < -0.4 is 0 Å². The summed E-state index contributed by atoms with van der Waals surface area (Å²) in [5.74, 6) is -1.18. The Morgan fingerprint density at radius 1 is 1.24 bits per heavy atom. The van der Waals surface area contributed by atoms with Gasteiger partial charge in [0, 0.05) is 12.1 Å². The van der Waals surface area contributed by atoms with Crippen molar-refractivity contribution in [3.05, 3.63) is 35.4 Å². The van der Waals surface area contributed by atoms with Crippen LogP contribution in [0.2, 0.25) is 0 Å². The van der Waals surface area contributed by atoms with E-state index in [1.165, 1.54) is 4.90 Å². The molecule has 1 fully saturated rings. The van der Waals surface area contributed by atoms with E-state index in [0.29, 0.717) is 12.1 Å². The second-order valence-corrected chi connectivity index (χ2v) is 6.28. The maximum atomic E-state index is 12.4. The first-order chi connectivity index (χ1) is 9.79. The van der Waals surface area contributed by atoms with Crippen LogP contribution in [0.15, 0.2) is 24.3 Å². The maximum Gasteiger partial charge on any atom is 0.334 e. The lowest BCUT2D eigenvalue weighted by Crippen LogP contribution is -2.48. The van der Waals surface area contributed by atoms with Crippen LogP contribution in [0.4, 0.5) is 0 Å². The fourth-order valence-electron chi connectivity index (χ4n) is 2.28. The molecule has 1 N–H and O–H groups in total. The lowest BCUT2D eigenvalue weighted by atomic mass is 9.86. The highest BCUT2D eigenvalue weighted by Gasteiger charge is 2.29. The summed E-state index contributed by atoms with van der Waals surface area (Å²) in [6, 6.07) is 7.49. The topological polar surface area (TPSA) is 66.8 Å². The maximum absolute atomic E-state index is 12.4. The van der Waals surface area contributed by atoms with Crippen molar-refractivity contribution in [2.45, 2.75) is 32.3 Å². The number of ether oxygens (including phenoxy) is 1. The van der Waals surface area contributed by atoms with E-state index in [9.17, 15) is 9.59 Å². The van der Waals surface area contributed by atoms with Gasteiger partial charge < -0.3 is 14.7 Å². The van der Waals surface area contributed by atoms with E-state index >= 15 is 0 Å². The van der Waals surface area contributed by atoms with Crippen molar-refractivity contribution >= 4 is 11.9 Å². The minimum absolute atomic E-state index is 0.0367. The van der Waals surface area contributed by atoms with Crippen molar-refractivity contribution in [1.29, 1.82) is 0 Å². The van der Waals surface area contributed by atoms with E-state index in [2.05, 4.69) is 20.8 Å². The van der Waals surface area contributed by atoms with E-state index in [-0.39, 0.29) is 24.5 Å². The Balaban J connectivity index is 2.11. The summed E-state index contributed by atoms with van der Waals surface area (Å²) in [5.41, 5.74) is 1.77. The van der Waals surface area contributed by atoms with Crippen molar-refractivity contribution in [3.8, 4) is 0 Å². The molecule has 114 valence electrons. The molecule has 0 spiro atoms. The quantitative estimate of drug-likeness (QED) is 0.904. The molecule has 2 rings (SSSR count). The zero-order valence-corrected chi connectivity index (χ0v) is 12.6. The molecule has 1 aliphatic heterocycles. The SMILES string of the molecule is CC(C)(C)c1ccc(C(=O)N2CCOC(C(=O)O)C2)cc1. The number of carboxylic acids is 1. The molecule has 0 aliphatic carbocycles. The van der Waals surface area contributed by atoms with Gasteiger partial charge in [0.05, 0.1) is 13.2 Å². The molecule has 0 bridgehead atoms. The minimum atomic E-state index is -1.03. The third kappa shape index (κ3) is 3.61. The van der Waals surface area contributed by atoms with E-state index in [1.807, 2.05) is 12.1 Å². The Morgan fingerprint density at radius 2 is 1.86 bits per heavy atom. The first kappa shape index (κ1) is 15.5. The van der Waals surface area contributed by atoms with E-state index in [1.54, 1.807) is 12.1 Å². The molecular weight excluding hydrogens is 270 g/mol. The van der Waals surface area contributed by atoms with Crippen LogP contribution in [-0.2, 0) is 14.9 Å². The number of morpholine rings is 1. The second kappa shape index (κ2) is 5.85. The Bertz CT molecular complexity index is 530. The average Bonchev–Trinajstić information content (AvgIpc) is 2.46. The lowest BCUT2D eigenvalue weighted by molar-refractivity contribution is -0.154.